The van der Waals surface area contributed by atoms with Gasteiger partial charge < -0.3 is 15.4 Å². The Hall–Kier alpha value is -1.34. The number of piperidine rings is 1. The number of hydrogen-bond acceptors (Lipinski definition) is 4. The van der Waals surface area contributed by atoms with Crippen molar-refractivity contribution in [2.75, 3.05) is 6.54 Å². The van der Waals surface area contributed by atoms with E-state index in [1.54, 1.807) is 18.3 Å². The second-order valence-electron chi connectivity index (χ2n) is 5.88. The van der Waals surface area contributed by atoms with Gasteiger partial charge in [-0.2, -0.15) is 0 Å². The van der Waals surface area contributed by atoms with Gasteiger partial charge in [0.2, 0.25) is 5.88 Å². The summed E-state index contributed by atoms with van der Waals surface area (Å²) in [6.45, 7) is 3.09. The van der Waals surface area contributed by atoms with Crippen molar-refractivity contribution in [2.45, 2.75) is 31.8 Å². The second kappa shape index (κ2) is 10.7. The number of hydrogen-bond donors (Lipinski definition) is 2. The van der Waals surface area contributed by atoms with Crippen LogP contribution >= 0.6 is 40.7 Å². The Morgan fingerprint density at radius 2 is 2.12 bits per heavy atom. The minimum absolute atomic E-state index is 0. The lowest BCUT2D eigenvalue weighted by Crippen LogP contribution is -2.51. The highest BCUT2D eigenvalue weighted by Gasteiger charge is 2.24. The van der Waals surface area contributed by atoms with Crippen LogP contribution in [0.3, 0.4) is 0 Å². The van der Waals surface area contributed by atoms with Gasteiger partial charge in [-0.3, -0.25) is 4.79 Å². The van der Waals surface area contributed by atoms with Gasteiger partial charge in [0, 0.05) is 22.8 Å². The number of ether oxygens (including phenoxy) is 1. The molecule has 2 unspecified atom stereocenters. The Labute approximate surface area is 174 Å². The van der Waals surface area contributed by atoms with Gasteiger partial charge in [-0.05, 0) is 56.6 Å². The fraction of sp³-hybridized carbons (Fsp3) is 0.333. The van der Waals surface area contributed by atoms with Crippen LogP contribution in [0.4, 0.5) is 0 Å². The minimum atomic E-state index is -0.159. The van der Waals surface area contributed by atoms with Crippen molar-refractivity contribution in [3.8, 4) is 11.6 Å². The van der Waals surface area contributed by atoms with Gasteiger partial charge in [-0.1, -0.05) is 22.0 Å². The standard InChI is InChI=1S/C18H20BrN3O2.2ClH/c1-12-16(8-4-9-20-12)22-17(23)15-7-3-10-21-18(15)24-14-6-2-5-13(19)11-14;;/h2-3,5-7,10-12,16,20H,4,8-9H2,1H3,(H,22,23);2*1H. The zero-order chi connectivity index (χ0) is 16.9. The zero-order valence-electron chi connectivity index (χ0n) is 14.3. The van der Waals surface area contributed by atoms with Crippen LogP contribution in [0.5, 0.6) is 11.6 Å². The topological polar surface area (TPSA) is 63.2 Å². The molecule has 1 aromatic carbocycles. The second-order valence-corrected chi connectivity index (χ2v) is 6.80. The van der Waals surface area contributed by atoms with Gasteiger partial charge in [0.05, 0.1) is 0 Å². The predicted octanol–water partition coefficient (Wildman–Crippen LogP) is 4.35. The molecular formula is C18H22BrCl2N3O2. The van der Waals surface area contributed by atoms with Crippen molar-refractivity contribution >= 4 is 46.7 Å². The first-order valence-electron chi connectivity index (χ1n) is 8.06. The molecule has 1 aliphatic heterocycles. The summed E-state index contributed by atoms with van der Waals surface area (Å²) >= 11 is 3.41. The summed E-state index contributed by atoms with van der Waals surface area (Å²) < 4.78 is 6.72. The molecule has 8 heteroatoms. The minimum Gasteiger partial charge on any atom is -0.438 e. The molecule has 2 aromatic rings. The Morgan fingerprint density at radius 1 is 1.31 bits per heavy atom. The molecule has 3 rings (SSSR count). The Balaban J connectivity index is 0.00000169. The monoisotopic (exact) mass is 461 g/mol. The molecule has 2 N–H and O–H groups in total. The number of carbonyl (C=O) groups is 1. The summed E-state index contributed by atoms with van der Waals surface area (Å²) in [5, 5.41) is 6.47. The van der Waals surface area contributed by atoms with Crippen LogP contribution < -0.4 is 15.4 Å². The Morgan fingerprint density at radius 3 is 2.85 bits per heavy atom. The maximum Gasteiger partial charge on any atom is 0.257 e. The first-order valence-corrected chi connectivity index (χ1v) is 8.85. The van der Waals surface area contributed by atoms with Crippen molar-refractivity contribution in [2.24, 2.45) is 0 Å². The van der Waals surface area contributed by atoms with Crippen molar-refractivity contribution in [3.05, 3.63) is 52.6 Å². The number of nitrogens with zero attached hydrogens (tertiary/aromatic N) is 1. The lowest BCUT2D eigenvalue weighted by molar-refractivity contribution is 0.0917. The number of amides is 1. The molecule has 0 spiro atoms. The molecule has 0 saturated carbocycles. The fourth-order valence-corrected chi connectivity index (χ4v) is 3.15. The first-order chi connectivity index (χ1) is 11.6. The molecule has 1 aliphatic rings. The van der Waals surface area contributed by atoms with Crippen molar-refractivity contribution < 1.29 is 9.53 Å². The van der Waals surface area contributed by atoms with Gasteiger partial charge in [0.1, 0.15) is 11.3 Å². The maximum absolute atomic E-state index is 12.7. The van der Waals surface area contributed by atoms with Crippen LogP contribution in [0.15, 0.2) is 47.1 Å². The fourth-order valence-electron chi connectivity index (χ4n) is 2.77. The van der Waals surface area contributed by atoms with E-state index in [4.69, 9.17) is 4.74 Å². The number of pyridine rings is 1. The summed E-state index contributed by atoms with van der Waals surface area (Å²) in [5.74, 6) is 0.781. The number of aromatic nitrogens is 1. The number of rotatable bonds is 4. The third-order valence-electron chi connectivity index (χ3n) is 4.10. The zero-order valence-corrected chi connectivity index (χ0v) is 17.5. The molecule has 0 bridgehead atoms. The molecule has 2 atom stereocenters. The highest BCUT2D eigenvalue weighted by atomic mass is 79.9. The average molecular weight is 463 g/mol. The lowest BCUT2D eigenvalue weighted by Gasteiger charge is -2.30. The Bertz CT molecular complexity index is 733. The van der Waals surface area contributed by atoms with E-state index in [2.05, 4.69) is 38.5 Å². The molecule has 1 saturated heterocycles. The summed E-state index contributed by atoms with van der Waals surface area (Å²) in [6, 6.07) is 11.3. The lowest BCUT2D eigenvalue weighted by atomic mass is 9.99. The largest absolute Gasteiger partial charge is 0.438 e. The Kier molecular flexibility index (Phi) is 9.36. The SMILES string of the molecule is CC1NCCCC1NC(=O)c1cccnc1Oc1cccc(Br)c1.Cl.Cl. The molecule has 142 valence electrons. The van der Waals surface area contributed by atoms with E-state index in [0.717, 1.165) is 23.9 Å². The van der Waals surface area contributed by atoms with Crippen molar-refractivity contribution in [1.29, 1.82) is 0 Å². The van der Waals surface area contributed by atoms with Gasteiger partial charge >= 0.3 is 0 Å². The van der Waals surface area contributed by atoms with E-state index in [1.807, 2.05) is 24.3 Å². The van der Waals surface area contributed by atoms with Crippen LogP contribution in [0.2, 0.25) is 0 Å². The van der Waals surface area contributed by atoms with Gasteiger partial charge in [0.25, 0.3) is 5.91 Å². The molecule has 26 heavy (non-hydrogen) atoms. The highest BCUT2D eigenvalue weighted by molar-refractivity contribution is 9.10. The summed E-state index contributed by atoms with van der Waals surface area (Å²) in [7, 11) is 0. The molecule has 2 heterocycles. The van der Waals surface area contributed by atoms with Gasteiger partial charge in [-0.15, -0.1) is 24.8 Å². The molecule has 1 fully saturated rings. The predicted molar refractivity (Wildman–Crippen MR) is 111 cm³/mol. The van der Waals surface area contributed by atoms with E-state index < -0.39 is 0 Å². The first kappa shape index (κ1) is 22.7. The van der Waals surface area contributed by atoms with E-state index in [-0.39, 0.29) is 42.8 Å². The van der Waals surface area contributed by atoms with Crippen molar-refractivity contribution in [1.82, 2.24) is 15.6 Å². The van der Waals surface area contributed by atoms with E-state index in [0.29, 0.717) is 17.2 Å². The molecular weight excluding hydrogens is 441 g/mol. The van der Waals surface area contributed by atoms with E-state index in [1.165, 1.54) is 0 Å². The van der Waals surface area contributed by atoms with Crippen LogP contribution in [-0.4, -0.2) is 29.5 Å². The summed E-state index contributed by atoms with van der Waals surface area (Å²) in [6.07, 6.45) is 3.65. The van der Waals surface area contributed by atoms with Crippen molar-refractivity contribution in [3.63, 3.8) is 0 Å². The number of nitrogens with one attached hydrogen (secondary N) is 2. The molecule has 0 radical (unpaired) electrons. The van der Waals surface area contributed by atoms with Crippen LogP contribution in [0.25, 0.3) is 0 Å². The van der Waals surface area contributed by atoms with Crippen LogP contribution in [-0.2, 0) is 0 Å². The molecule has 0 aliphatic carbocycles. The van der Waals surface area contributed by atoms with Gasteiger partial charge in [-0.25, -0.2) is 4.98 Å². The number of carbonyl (C=O) groups excluding carboxylic acids is 1. The smallest absolute Gasteiger partial charge is 0.257 e. The molecule has 1 amide bonds. The third kappa shape index (κ3) is 5.84. The van der Waals surface area contributed by atoms with E-state index >= 15 is 0 Å². The number of halogens is 3. The summed E-state index contributed by atoms with van der Waals surface area (Å²) in [4.78, 5) is 16.9. The van der Waals surface area contributed by atoms with Gasteiger partial charge in [0.15, 0.2) is 0 Å². The third-order valence-corrected chi connectivity index (χ3v) is 4.60. The molecule has 5 nitrogen and oxygen atoms in total. The maximum atomic E-state index is 12.7. The quantitative estimate of drug-likeness (QED) is 0.708. The molecule has 1 aromatic heterocycles. The normalized spacial score (nSPS) is 18.8. The number of benzene rings is 1. The van der Waals surface area contributed by atoms with Crippen LogP contribution in [0, 0.1) is 0 Å². The highest BCUT2D eigenvalue weighted by Crippen LogP contribution is 2.25. The summed E-state index contributed by atoms with van der Waals surface area (Å²) in [5.41, 5.74) is 0.440. The van der Waals surface area contributed by atoms with Crippen LogP contribution in [0.1, 0.15) is 30.1 Å². The van der Waals surface area contributed by atoms with E-state index in [9.17, 15) is 4.79 Å². The average Bonchev–Trinajstić information content (AvgIpc) is 2.57.